The molecule has 0 saturated heterocycles. The fourth-order valence-corrected chi connectivity index (χ4v) is 4.01. The Balaban J connectivity index is 2.44. The SMILES string of the molecule is CCCCCc1cccc(C(C)(C)c2ccccc2O)c1CCCCC. The maximum atomic E-state index is 10.5. The summed E-state index contributed by atoms with van der Waals surface area (Å²) in [4.78, 5) is 0. The lowest BCUT2D eigenvalue weighted by atomic mass is 9.73. The lowest BCUT2D eigenvalue weighted by molar-refractivity contribution is 0.452. The third kappa shape index (κ3) is 4.90. The first-order valence-electron chi connectivity index (χ1n) is 10.4. The van der Waals surface area contributed by atoms with E-state index in [1.807, 2.05) is 12.1 Å². The summed E-state index contributed by atoms with van der Waals surface area (Å²) in [6.45, 7) is 9.02. The Kier molecular flexibility index (Phi) is 7.75. The van der Waals surface area contributed by atoms with Crippen LogP contribution in [0.4, 0.5) is 0 Å². The second kappa shape index (κ2) is 9.80. The minimum absolute atomic E-state index is 0.201. The second-order valence-electron chi connectivity index (χ2n) is 8.00. The van der Waals surface area contributed by atoms with E-state index >= 15 is 0 Å². The van der Waals surface area contributed by atoms with Gasteiger partial charge in [0.1, 0.15) is 5.75 Å². The summed E-state index contributed by atoms with van der Waals surface area (Å²) in [6, 6.07) is 14.6. The van der Waals surface area contributed by atoms with Gasteiger partial charge in [0.2, 0.25) is 0 Å². The molecular weight excluding hydrogens is 316 g/mol. The lowest BCUT2D eigenvalue weighted by Gasteiger charge is -2.30. The number of hydrogen-bond acceptors (Lipinski definition) is 1. The van der Waals surface area contributed by atoms with E-state index in [9.17, 15) is 5.11 Å². The molecule has 142 valence electrons. The van der Waals surface area contributed by atoms with Crippen LogP contribution in [0.25, 0.3) is 0 Å². The van der Waals surface area contributed by atoms with E-state index in [1.54, 1.807) is 6.07 Å². The summed E-state index contributed by atoms with van der Waals surface area (Å²) in [5.41, 5.74) is 5.22. The van der Waals surface area contributed by atoms with Crippen LogP contribution < -0.4 is 0 Å². The average Bonchev–Trinajstić information content (AvgIpc) is 2.63. The van der Waals surface area contributed by atoms with Crippen LogP contribution in [0.3, 0.4) is 0 Å². The van der Waals surface area contributed by atoms with Gasteiger partial charge in [0.15, 0.2) is 0 Å². The molecule has 0 aliphatic carbocycles. The first-order valence-corrected chi connectivity index (χ1v) is 10.4. The molecule has 0 unspecified atom stereocenters. The van der Waals surface area contributed by atoms with Crippen molar-refractivity contribution >= 4 is 0 Å². The Morgan fingerprint density at radius 1 is 0.731 bits per heavy atom. The molecule has 26 heavy (non-hydrogen) atoms. The Morgan fingerprint density at radius 2 is 1.35 bits per heavy atom. The number of phenols is 1. The predicted octanol–water partition coefficient (Wildman–Crippen LogP) is 7.18. The van der Waals surface area contributed by atoms with E-state index in [-0.39, 0.29) is 5.41 Å². The van der Waals surface area contributed by atoms with Crippen LogP contribution >= 0.6 is 0 Å². The zero-order valence-electron chi connectivity index (χ0n) is 17.1. The first-order chi connectivity index (χ1) is 12.5. The van der Waals surface area contributed by atoms with Gasteiger partial charge in [-0.05, 0) is 48.4 Å². The van der Waals surface area contributed by atoms with Crippen molar-refractivity contribution < 1.29 is 5.11 Å². The normalized spacial score (nSPS) is 11.7. The summed E-state index contributed by atoms with van der Waals surface area (Å²) >= 11 is 0. The highest BCUT2D eigenvalue weighted by molar-refractivity contribution is 5.50. The van der Waals surface area contributed by atoms with Gasteiger partial charge >= 0.3 is 0 Å². The van der Waals surface area contributed by atoms with E-state index in [1.165, 1.54) is 61.6 Å². The van der Waals surface area contributed by atoms with Crippen LogP contribution in [0.2, 0.25) is 0 Å². The summed E-state index contributed by atoms with van der Waals surface area (Å²) in [7, 11) is 0. The fourth-order valence-electron chi connectivity index (χ4n) is 4.01. The quantitative estimate of drug-likeness (QED) is 0.449. The van der Waals surface area contributed by atoms with Crippen molar-refractivity contribution in [3.63, 3.8) is 0 Å². The molecule has 0 bridgehead atoms. The van der Waals surface area contributed by atoms with E-state index < -0.39 is 0 Å². The molecule has 0 amide bonds. The van der Waals surface area contributed by atoms with Gasteiger partial charge in [-0.15, -0.1) is 0 Å². The van der Waals surface area contributed by atoms with Gasteiger partial charge in [0.05, 0.1) is 0 Å². The fraction of sp³-hybridized carbons (Fsp3) is 0.520. The highest BCUT2D eigenvalue weighted by Crippen LogP contribution is 2.39. The molecule has 1 nitrogen and oxygen atoms in total. The van der Waals surface area contributed by atoms with Gasteiger partial charge in [-0.2, -0.15) is 0 Å². The molecule has 0 aromatic heterocycles. The molecule has 2 rings (SSSR count). The molecule has 0 radical (unpaired) electrons. The standard InChI is InChI=1S/C25H36O/c1-5-7-9-14-20-15-13-18-22(21(20)16-10-8-6-2)25(3,4)23-17-11-12-19-24(23)26/h11-13,15,17-19,26H,5-10,14,16H2,1-4H3. The Hall–Kier alpha value is -1.76. The molecule has 0 saturated carbocycles. The first kappa shape index (κ1) is 20.6. The molecule has 0 aliphatic heterocycles. The number of phenolic OH excluding ortho intramolecular Hbond substituents is 1. The summed E-state index contributed by atoms with van der Waals surface area (Å²) in [5.74, 6) is 0.397. The minimum Gasteiger partial charge on any atom is -0.508 e. The molecule has 1 N–H and O–H groups in total. The van der Waals surface area contributed by atoms with Crippen LogP contribution in [0.5, 0.6) is 5.75 Å². The highest BCUT2D eigenvalue weighted by atomic mass is 16.3. The third-order valence-corrected chi connectivity index (χ3v) is 5.60. The van der Waals surface area contributed by atoms with Gasteiger partial charge in [0, 0.05) is 11.0 Å². The van der Waals surface area contributed by atoms with Gasteiger partial charge < -0.3 is 5.11 Å². The van der Waals surface area contributed by atoms with Gasteiger partial charge in [-0.3, -0.25) is 0 Å². The zero-order chi connectivity index (χ0) is 19.0. The molecule has 0 spiro atoms. The number of aryl methyl sites for hydroxylation is 1. The monoisotopic (exact) mass is 352 g/mol. The average molecular weight is 353 g/mol. The van der Waals surface area contributed by atoms with Gasteiger partial charge in [-0.1, -0.05) is 89.8 Å². The third-order valence-electron chi connectivity index (χ3n) is 5.60. The summed E-state index contributed by atoms with van der Waals surface area (Å²) in [6.07, 6.45) is 9.89. The summed E-state index contributed by atoms with van der Waals surface area (Å²) < 4.78 is 0. The van der Waals surface area contributed by atoms with Crippen LogP contribution in [0, 0.1) is 0 Å². The van der Waals surface area contributed by atoms with Crippen molar-refractivity contribution in [1.82, 2.24) is 0 Å². The van der Waals surface area contributed by atoms with Crippen molar-refractivity contribution in [3.8, 4) is 5.75 Å². The van der Waals surface area contributed by atoms with Crippen molar-refractivity contribution in [2.24, 2.45) is 0 Å². The topological polar surface area (TPSA) is 20.2 Å². The zero-order valence-corrected chi connectivity index (χ0v) is 17.1. The smallest absolute Gasteiger partial charge is 0.119 e. The number of rotatable bonds is 10. The molecule has 2 aromatic rings. The second-order valence-corrected chi connectivity index (χ2v) is 8.00. The molecule has 0 aliphatic rings. The molecule has 0 atom stereocenters. The Bertz CT molecular complexity index is 684. The maximum Gasteiger partial charge on any atom is 0.119 e. The van der Waals surface area contributed by atoms with E-state index in [0.29, 0.717) is 5.75 Å². The van der Waals surface area contributed by atoms with Crippen LogP contribution in [0.15, 0.2) is 42.5 Å². The van der Waals surface area contributed by atoms with Crippen LogP contribution in [-0.2, 0) is 18.3 Å². The van der Waals surface area contributed by atoms with E-state index in [2.05, 4.69) is 52.0 Å². The molecule has 0 fully saturated rings. The lowest BCUT2D eigenvalue weighted by Crippen LogP contribution is -2.22. The number of hydrogen-bond donors (Lipinski definition) is 1. The molecule has 2 aromatic carbocycles. The molecule has 0 heterocycles. The van der Waals surface area contributed by atoms with E-state index in [0.717, 1.165) is 12.0 Å². The number of aromatic hydroxyl groups is 1. The Labute approximate surface area is 160 Å². The molecule has 1 heteroatoms. The van der Waals surface area contributed by atoms with Gasteiger partial charge in [0.25, 0.3) is 0 Å². The molecular formula is C25H36O. The van der Waals surface area contributed by atoms with Crippen molar-refractivity contribution in [2.75, 3.05) is 0 Å². The summed E-state index contributed by atoms with van der Waals surface area (Å²) in [5, 5.41) is 10.5. The van der Waals surface area contributed by atoms with Crippen molar-refractivity contribution in [1.29, 1.82) is 0 Å². The maximum absolute atomic E-state index is 10.5. The van der Waals surface area contributed by atoms with E-state index in [4.69, 9.17) is 0 Å². The predicted molar refractivity (Wildman–Crippen MR) is 113 cm³/mol. The number of benzene rings is 2. The number of unbranched alkanes of at least 4 members (excludes halogenated alkanes) is 4. The van der Waals surface area contributed by atoms with Crippen molar-refractivity contribution in [3.05, 3.63) is 64.7 Å². The number of para-hydroxylation sites is 1. The van der Waals surface area contributed by atoms with Crippen LogP contribution in [-0.4, -0.2) is 5.11 Å². The van der Waals surface area contributed by atoms with Gasteiger partial charge in [-0.25, -0.2) is 0 Å². The minimum atomic E-state index is -0.201. The van der Waals surface area contributed by atoms with Crippen LogP contribution in [0.1, 0.15) is 88.5 Å². The van der Waals surface area contributed by atoms with Crippen molar-refractivity contribution in [2.45, 2.75) is 84.5 Å². The largest absolute Gasteiger partial charge is 0.508 e. The Morgan fingerprint density at radius 3 is 2.00 bits per heavy atom. The highest BCUT2D eigenvalue weighted by Gasteiger charge is 2.28.